The third-order valence-electron chi connectivity index (χ3n) is 1.71. The molecule has 0 aliphatic rings. The topological polar surface area (TPSA) is 30.2 Å². The smallest absolute Gasteiger partial charge is 0.231 e. The Labute approximate surface area is 71.4 Å². The van der Waals surface area contributed by atoms with Crippen molar-refractivity contribution in [3.05, 3.63) is 46.3 Å². The lowest BCUT2D eigenvalue weighted by atomic mass is 10.2. The minimum Gasteiger partial charge on any atom is -0.461 e. The molecular formula is C9H4F2O2. The molecule has 2 rings (SSSR count). The van der Waals surface area contributed by atoms with E-state index in [1.165, 1.54) is 12.1 Å². The van der Waals surface area contributed by atoms with Crippen LogP contribution in [0.1, 0.15) is 0 Å². The summed E-state index contributed by atoms with van der Waals surface area (Å²) in [5.41, 5.74) is -0.925. The molecule has 4 heteroatoms. The van der Waals surface area contributed by atoms with Gasteiger partial charge in [0.1, 0.15) is 23.0 Å². The monoisotopic (exact) mass is 182 g/mol. The Morgan fingerprint density at radius 1 is 1.15 bits per heavy atom. The van der Waals surface area contributed by atoms with E-state index in [2.05, 4.69) is 4.42 Å². The van der Waals surface area contributed by atoms with Crippen molar-refractivity contribution in [2.45, 2.75) is 0 Å². The number of hydrogen-bond donors (Lipinski definition) is 0. The predicted octanol–water partition coefficient (Wildman–Crippen LogP) is 2.07. The number of halogens is 2. The lowest BCUT2D eigenvalue weighted by Gasteiger charge is -1.96. The summed E-state index contributed by atoms with van der Waals surface area (Å²) in [5, 5.41) is -0.345. The first-order valence-corrected chi connectivity index (χ1v) is 3.55. The van der Waals surface area contributed by atoms with Crippen molar-refractivity contribution < 1.29 is 13.2 Å². The minimum atomic E-state index is -1.09. The van der Waals surface area contributed by atoms with E-state index >= 15 is 0 Å². The second-order valence-corrected chi connectivity index (χ2v) is 2.53. The molecule has 1 aromatic heterocycles. The molecule has 1 heterocycles. The van der Waals surface area contributed by atoms with Gasteiger partial charge in [-0.05, 0) is 12.1 Å². The average molecular weight is 182 g/mol. The van der Waals surface area contributed by atoms with Crippen LogP contribution in [-0.4, -0.2) is 0 Å². The van der Waals surface area contributed by atoms with Crippen LogP contribution in [-0.2, 0) is 0 Å². The molecular weight excluding hydrogens is 178 g/mol. The van der Waals surface area contributed by atoms with Gasteiger partial charge in [0.05, 0.1) is 0 Å². The molecule has 1 aromatic carbocycles. The van der Waals surface area contributed by atoms with E-state index in [1.807, 2.05) is 0 Å². The van der Waals surface area contributed by atoms with E-state index in [1.54, 1.807) is 0 Å². The Balaban J connectivity index is 3.06. The van der Waals surface area contributed by atoms with E-state index in [0.29, 0.717) is 6.26 Å². The summed E-state index contributed by atoms with van der Waals surface area (Å²) in [6, 6.07) is 3.87. The molecule has 2 aromatic rings. The highest BCUT2D eigenvalue weighted by atomic mass is 19.1. The molecule has 0 N–H and O–H groups in total. The van der Waals surface area contributed by atoms with Crippen LogP contribution in [0.5, 0.6) is 0 Å². The third-order valence-corrected chi connectivity index (χ3v) is 1.71. The lowest BCUT2D eigenvalue weighted by Crippen LogP contribution is -2.07. The highest BCUT2D eigenvalue weighted by molar-refractivity contribution is 5.76. The summed E-state index contributed by atoms with van der Waals surface area (Å²) < 4.78 is 30.3. The first-order chi connectivity index (χ1) is 6.20. The van der Waals surface area contributed by atoms with Gasteiger partial charge >= 0.3 is 0 Å². The maximum absolute atomic E-state index is 13.0. The van der Waals surface area contributed by atoms with E-state index in [9.17, 15) is 13.6 Å². The zero-order chi connectivity index (χ0) is 9.42. The maximum atomic E-state index is 13.0. The lowest BCUT2D eigenvalue weighted by molar-refractivity contribution is 0.516. The quantitative estimate of drug-likeness (QED) is 0.624. The largest absolute Gasteiger partial charge is 0.461 e. The van der Waals surface area contributed by atoms with E-state index in [-0.39, 0.29) is 11.0 Å². The van der Waals surface area contributed by atoms with Crippen molar-refractivity contribution in [3.8, 4) is 0 Å². The van der Waals surface area contributed by atoms with Crippen molar-refractivity contribution >= 4 is 11.0 Å². The van der Waals surface area contributed by atoms with Crippen LogP contribution in [0.4, 0.5) is 8.78 Å². The minimum absolute atomic E-state index is 0.0476. The molecule has 2 nitrogen and oxygen atoms in total. The van der Waals surface area contributed by atoms with Gasteiger partial charge in [0.15, 0.2) is 0 Å². The van der Waals surface area contributed by atoms with Gasteiger partial charge in [0.2, 0.25) is 11.2 Å². The molecule has 0 radical (unpaired) electrons. The Morgan fingerprint density at radius 3 is 2.69 bits per heavy atom. The second-order valence-electron chi connectivity index (χ2n) is 2.53. The van der Waals surface area contributed by atoms with Crippen LogP contribution in [0.2, 0.25) is 0 Å². The van der Waals surface area contributed by atoms with Gasteiger partial charge in [-0.15, -0.1) is 0 Å². The number of fused-ring (bicyclic) bond motifs is 1. The van der Waals surface area contributed by atoms with Crippen molar-refractivity contribution in [2.75, 3.05) is 0 Å². The SMILES string of the molecule is O=c1c(F)coc2cccc(F)c12. The summed E-state index contributed by atoms with van der Waals surface area (Å²) in [7, 11) is 0. The summed E-state index contributed by atoms with van der Waals surface area (Å²) in [6.07, 6.45) is 0.671. The Kier molecular flexibility index (Phi) is 1.62. The van der Waals surface area contributed by atoms with Crippen molar-refractivity contribution in [1.82, 2.24) is 0 Å². The van der Waals surface area contributed by atoms with E-state index in [0.717, 1.165) is 6.07 Å². The summed E-state index contributed by atoms with van der Waals surface area (Å²) >= 11 is 0. The normalized spacial score (nSPS) is 10.6. The van der Waals surface area contributed by atoms with Crippen LogP contribution >= 0.6 is 0 Å². The molecule has 0 unspecified atom stereocenters. The molecule has 0 atom stereocenters. The zero-order valence-electron chi connectivity index (χ0n) is 6.38. The Morgan fingerprint density at radius 2 is 1.92 bits per heavy atom. The average Bonchev–Trinajstić information content (AvgIpc) is 2.12. The van der Waals surface area contributed by atoms with Crippen LogP contribution in [0, 0.1) is 11.6 Å². The number of hydrogen-bond acceptors (Lipinski definition) is 2. The molecule has 0 aliphatic carbocycles. The van der Waals surface area contributed by atoms with Crippen LogP contribution < -0.4 is 5.43 Å². The Hall–Kier alpha value is -1.71. The van der Waals surface area contributed by atoms with Gasteiger partial charge in [0.25, 0.3) is 0 Å². The van der Waals surface area contributed by atoms with Gasteiger partial charge in [0, 0.05) is 0 Å². The fraction of sp³-hybridized carbons (Fsp3) is 0. The summed E-state index contributed by atoms with van der Waals surface area (Å²) in [6.45, 7) is 0. The fourth-order valence-electron chi connectivity index (χ4n) is 1.11. The molecule has 0 amide bonds. The maximum Gasteiger partial charge on any atom is 0.231 e. The second kappa shape index (κ2) is 2.65. The van der Waals surface area contributed by atoms with Crippen molar-refractivity contribution in [1.29, 1.82) is 0 Å². The van der Waals surface area contributed by atoms with Gasteiger partial charge in [-0.3, -0.25) is 4.79 Å². The summed E-state index contributed by atoms with van der Waals surface area (Å²) in [4.78, 5) is 11.1. The molecule has 66 valence electrons. The Bertz CT molecular complexity index is 516. The van der Waals surface area contributed by atoms with Crippen LogP contribution in [0.25, 0.3) is 11.0 Å². The first kappa shape index (κ1) is 7.91. The van der Waals surface area contributed by atoms with Gasteiger partial charge in [-0.25, -0.2) is 4.39 Å². The third kappa shape index (κ3) is 1.11. The zero-order valence-corrected chi connectivity index (χ0v) is 6.38. The van der Waals surface area contributed by atoms with Gasteiger partial charge in [-0.1, -0.05) is 6.07 Å². The first-order valence-electron chi connectivity index (χ1n) is 3.55. The predicted molar refractivity (Wildman–Crippen MR) is 42.4 cm³/mol. The van der Waals surface area contributed by atoms with Crippen molar-refractivity contribution in [2.24, 2.45) is 0 Å². The molecule has 0 bridgehead atoms. The van der Waals surface area contributed by atoms with Crippen LogP contribution in [0.3, 0.4) is 0 Å². The highest BCUT2D eigenvalue weighted by Crippen LogP contribution is 2.13. The van der Waals surface area contributed by atoms with E-state index < -0.39 is 17.1 Å². The van der Waals surface area contributed by atoms with Crippen LogP contribution in [0.15, 0.2) is 33.7 Å². The standard InChI is InChI=1S/C9H4F2O2/c10-5-2-1-3-7-8(5)9(12)6(11)4-13-7/h1-4H. The van der Waals surface area contributed by atoms with E-state index in [4.69, 9.17) is 0 Å². The summed E-state index contributed by atoms with van der Waals surface area (Å²) in [5.74, 6) is -1.86. The fourth-order valence-corrected chi connectivity index (χ4v) is 1.11. The number of benzene rings is 1. The molecule has 0 saturated carbocycles. The molecule has 0 aliphatic heterocycles. The van der Waals surface area contributed by atoms with Gasteiger partial charge in [-0.2, -0.15) is 4.39 Å². The highest BCUT2D eigenvalue weighted by Gasteiger charge is 2.09. The molecule has 0 saturated heterocycles. The molecule has 13 heavy (non-hydrogen) atoms. The van der Waals surface area contributed by atoms with Gasteiger partial charge < -0.3 is 4.42 Å². The molecule has 0 spiro atoms. The van der Waals surface area contributed by atoms with Crippen molar-refractivity contribution in [3.63, 3.8) is 0 Å². The molecule has 0 fully saturated rings. The number of rotatable bonds is 0.